The van der Waals surface area contributed by atoms with Gasteiger partial charge in [-0.15, -0.1) is 0 Å². The summed E-state index contributed by atoms with van der Waals surface area (Å²) in [6.07, 6.45) is 2.95. The Kier molecular flexibility index (Phi) is 2.80. The van der Waals surface area contributed by atoms with E-state index in [2.05, 4.69) is 11.2 Å². The van der Waals surface area contributed by atoms with Gasteiger partial charge in [0.05, 0.1) is 12.3 Å². The van der Waals surface area contributed by atoms with Crippen molar-refractivity contribution in [1.29, 1.82) is 0 Å². The molecule has 1 aliphatic rings. The van der Waals surface area contributed by atoms with Crippen LogP contribution in [0.25, 0.3) is 0 Å². The van der Waals surface area contributed by atoms with E-state index in [0.29, 0.717) is 6.61 Å². The number of rotatable bonds is 2. The summed E-state index contributed by atoms with van der Waals surface area (Å²) < 4.78 is 7.36. The molecule has 0 spiro atoms. The molecule has 0 bridgehead atoms. The Morgan fingerprint density at radius 1 is 1.67 bits per heavy atom. The van der Waals surface area contributed by atoms with Crippen molar-refractivity contribution < 1.29 is 4.74 Å². The van der Waals surface area contributed by atoms with E-state index in [0.717, 1.165) is 31.6 Å². The van der Waals surface area contributed by atoms with Crippen LogP contribution in [0.4, 0.5) is 0 Å². The number of nitrogens with zero attached hydrogens (tertiary/aromatic N) is 2. The molecule has 0 radical (unpaired) electrons. The average Bonchev–Trinajstić information content (AvgIpc) is 2.45. The molecule has 84 valence electrons. The maximum absolute atomic E-state index is 6.30. The van der Waals surface area contributed by atoms with Crippen LogP contribution >= 0.6 is 0 Å². The first-order valence-corrected chi connectivity index (χ1v) is 5.45. The van der Waals surface area contributed by atoms with E-state index in [1.807, 2.05) is 18.7 Å². The summed E-state index contributed by atoms with van der Waals surface area (Å²) in [7, 11) is 1.97. The Balaban J connectivity index is 2.09. The second-order valence-electron chi connectivity index (χ2n) is 4.60. The summed E-state index contributed by atoms with van der Waals surface area (Å²) in [6.45, 7) is 3.52. The molecule has 1 saturated heterocycles. The Hall–Kier alpha value is -0.870. The second-order valence-corrected chi connectivity index (χ2v) is 4.60. The lowest BCUT2D eigenvalue weighted by atomic mass is 9.88. The van der Waals surface area contributed by atoms with Gasteiger partial charge in [-0.05, 0) is 25.8 Å². The average molecular weight is 209 g/mol. The first-order valence-electron chi connectivity index (χ1n) is 5.45. The van der Waals surface area contributed by atoms with Crippen LogP contribution in [-0.4, -0.2) is 28.5 Å². The molecular weight excluding hydrogens is 190 g/mol. The van der Waals surface area contributed by atoms with Gasteiger partial charge in [0, 0.05) is 31.3 Å². The predicted octanol–water partition coefficient (Wildman–Crippen LogP) is 0.779. The van der Waals surface area contributed by atoms with E-state index >= 15 is 0 Å². The van der Waals surface area contributed by atoms with Crippen molar-refractivity contribution in [3.05, 3.63) is 17.5 Å². The number of aryl methyl sites for hydroxylation is 2. The first-order chi connectivity index (χ1) is 7.09. The normalized spacial score (nSPS) is 26.9. The lowest BCUT2D eigenvalue weighted by Gasteiger charge is -2.33. The largest absolute Gasteiger partial charge is 0.380 e. The maximum Gasteiger partial charge on any atom is 0.0650 e. The Morgan fingerprint density at radius 3 is 3.00 bits per heavy atom. The number of hydrogen-bond acceptors (Lipinski definition) is 3. The summed E-state index contributed by atoms with van der Waals surface area (Å²) in [6, 6.07) is 2.10. The number of ether oxygens (including phenoxy) is 1. The highest BCUT2D eigenvalue weighted by atomic mass is 16.5. The molecule has 1 aromatic heterocycles. The van der Waals surface area contributed by atoms with Crippen LogP contribution in [0.1, 0.15) is 24.2 Å². The van der Waals surface area contributed by atoms with Crippen LogP contribution in [0.3, 0.4) is 0 Å². The topological polar surface area (TPSA) is 53.1 Å². The van der Waals surface area contributed by atoms with Crippen LogP contribution in [0.15, 0.2) is 6.07 Å². The van der Waals surface area contributed by atoms with Crippen LogP contribution < -0.4 is 5.73 Å². The summed E-state index contributed by atoms with van der Waals surface area (Å²) >= 11 is 0. The van der Waals surface area contributed by atoms with Gasteiger partial charge in [0.1, 0.15) is 0 Å². The van der Waals surface area contributed by atoms with Gasteiger partial charge in [-0.3, -0.25) is 4.68 Å². The zero-order chi connectivity index (χ0) is 10.9. The molecule has 0 aromatic carbocycles. The van der Waals surface area contributed by atoms with Gasteiger partial charge < -0.3 is 10.5 Å². The minimum Gasteiger partial charge on any atom is -0.380 e. The zero-order valence-electron chi connectivity index (χ0n) is 9.49. The standard InChI is InChI=1S/C11H19N3O/c1-9-6-10(14(2)13-9)7-11(12)4-3-5-15-8-11/h6H,3-5,7-8,12H2,1-2H3. The third kappa shape index (κ3) is 2.38. The van der Waals surface area contributed by atoms with Gasteiger partial charge in [0.15, 0.2) is 0 Å². The summed E-state index contributed by atoms with van der Waals surface area (Å²) in [5.41, 5.74) is 8.35. The van der Waals surface area contributed by atoms with Crippen molar-refractivity contribution in [2.75, 3.05) is 13.2 Å². The van der Waals surface area contributed by atoms with Crippen LogP contribution in [-0.2, 0) is 18.2 Å². The molecule has 0 aliphatic carbocycles. The third-order valence-electron chi connectivity index (χ3n) is 2.98. The monoisotopic (exact) mass is 209 g/mol. The van der Waals surface area contributed by atoms with E-state index in [1.54, 1.807) is 0 Å². The smallest absolute Gasteiger partial charge is 0.0650 e. The van der Waals surface area contributed by atoms with Crippen LogP contribution in [0.5, 0.6) is 0 Å². The lowest BCUT2D eigenvalue weighted by Crippen LogP contribution is -2.49. The van der Waals surface area contributed by atoms with Crippen molar-refractivity contribution in [1.82, 2.24) is 9.78 Å². The van der Waals surface area contributed by atoms with Crippen molar-refractivity contribution in [2.45, 2.75) is 31.7 Å². The minimum absolute atomic E-state index is 0.196. The molecule has 2 rings (SSSR count). The van der Waals surface area contributed by atoms with E-state index < -0.39 is 0 Å². The van der Waals surface area contributed by atoms with Crippen molar-refractivity contribution in [3.8, 4) is 0 Å². The minimum atomic E-state index is -0.196. The molecule has 1 aliphatic heterocycles. The predicted molar refractivity (Wildman–Crippen MR) is 58.6 cm³/mol. The van der Waals surface area contributed by atoms with Gasteiger partial charge in [-0.2, -0.15) is 5.10 Å². The molecule has 1 aromatic rings. The Morgan fingerprint density at radius 2 is 2.47 bits per heavy atom. The lowest BCUT2D eigenvalue weighted by molar-refractivity contribution is 0.0375. The fraction of sp³-hybridized carbons (Fsp3) is 0.727. The van der Waals surface area contributed by atoms with Crippen molar-refractivity contribution in [2.24, 2.45) is 12.8 Å². The zero-order valence-corrected chi connectivity index (χ0v) is 9.49. The fourth-order valence-electron chi connectivity index (χ4n) is 2.20. The van der Waals surface area contributed by atoms with Crippen molar-refractivity contribution in [3.63, 3.8) is 0 Å². The van der Waals surface area contributed by atoms with Gasteiger partial charge in [-0.1, -0.05) is 0 Å². The fourth-order valence-corrected chi connectivity index (χ4v) is 2.20. The molecule has 1 unspecified atom stereocenters. The van der Waals surface area contributed by atoms with E-state index in [1.165, 1.54) is 5.69 Å². The molecule has 4 heteroatoms. The molecule has 2 N–H and O–H groups in total. The van der Waals surface area contributed by atoms with Crippen molar-refractivity contribution >= 4 is 0 Å². The highest BCUT2D eigenvalue weighted by molar-refractivity contribution is 5.12. The van der Waals surface area contributed by atoms with Gasteiger partial charge >= 0.3 is 0 Å². The Labute approximate surface area is 90.4 Å². The highest BCUT2D eigenvalue weighted by Gasteiger charge is 2.29. The van der Waals surface area contributed by atoms with Gasteiger partial charge in [0.2, 0.25) is 0 Å². The summed E-state index contributed by atoms with van der Waals surface area (Å²) in [5, 5.41) is 4.33. The molecule has 15 heavy (non-hydrogen) atoms. The molecule has 1 atom stereocenters. The first kappa shape index (κ1) is 10.6. The van der Waals surface area contributed by atoms with E-state index in [4.69, 9.17) is 10.5 Å². The van der Waals surface area contributed by atoms with Gasteiger partial charge in [-0.25, -0.2) is 0 Å². The summed E-state index contributed by atoms with van der Waals surface area (Å²) in [5.74, 6) is 0. The van der Waals surface area contributed by atoms with Gasteiger partial charge in [0.25, 0.3) is 0 Å². The molecule has 0 saturated carbocycles. The number of nitrogens with two attached hydrogens (primary N) is 1. The Bertz CT molecular complexity index is 340. The molecule has 2 heterocycles. The molecule has 4 nitrogen and oxygen atoms in total. The quantitative estimate of drug-likeness (QED) is 0.783. The number of aromatic nitrogens is 2. The second kappa shape index (κ2) is 3.94. The molecule has 1 fully saturated rings. The number of hydrogen-bond donors (Lipinski definition) is 1. The SMILES string of the molecule is Cc1cc(CC2(N)CCCOC2)n(C)n1. The highest BCUT2D eigenvalue weighted by Crippen LogP contribution is 2.21. The van der Waals surface area contributed by atoms with Crippen LogP contribution in [0, 0.1) is 6.92 Å². The maximum atomic E-state index is 6.30. The molecular formula is C11H19N3O. The third-order valence-corrected chi connectivity index (χ3v) is 2.98. The molecule has 0 amide bonds. The summed E-state index contributed by atoms with van der Waals surface area (Å²) in [4.78, 5) is 0. The van der Waals surface area contributed by atoms with Crippen LogP contribution in [0.2, 0.25) is 0 Å². The van der Waals surface area contributed by atoms with E-state index in [-0.39, 0.29) is 5.54 Å². The van der Waals surface area contributed by atoms with E-state index in [9.17, 15) is 0 Å².